The minimum atomic E-state index is 0.252. The molecule has 140 valence electrons. The average molecular weight is 362 g/mol. The number of phenolic OH excluding ortho intramolecular Hbond substituents is 3. The van der Waals surface area contributed by atoms with Crippen molar-refractivity contribution in [3.63, 3.8) is 0 Å². The van der Waals surface area contributed by atoms with Gasteiger partial charge in [0.25, 0.3) is 0 Å². The van der Waals surface area contributed by atoms with E-state index < -0.39 is 0 Å². The number of rotatable bonds is 5. The fourth-order valence-corrected chi connectivity index (χ4v) is 3.50. The topological polar surface area (TPSA) is 60.7 Å². The molecule has 0 radical (unpaired) electrons. The zero-order chi connectivity index (χ0) is 19.6. The standard InChI is InChI=1S/C24H26O3/c1-15-4-6-20(23(26)10-15)13-21-11-17(3)19(14-24(21)27)7-5-18-8-16(2)9-22(25)12-18/h4,6,8-12,14,25-27H,5,7,13H2,1-3H3. The maximum atomic E-state index is 10.5. The molecule has 0 saturated heterocycles. The highest BCUT2D eigenvalue weighted by molar-refractivity contribution is 5.47. The summed E-state index contributed by atoms with van der Waals surface area (Å²) in [4.78, 5) is 0. The maximum absolute atomic E-state index is 10.5. The van der Waals surface area contributed by atoms with Crippen LogP contribution in [-0.2, 0) is 19.3 Å². The molecule has 0 heterocycles. The lowest BCUT2D eigenvalue weighted by Crippen LogP contribution is -1.98. The first-order valence-electron chi connectivity index (χ1n) is 9.21. The van der Waals surface area contributed by atoms with Crippen LogP contribution in [0.1, 0.15) is 38.9 Å². The minimum absolute atomic E-state index is 0.252. The minimum Gasteiger partial charge on any atom is -0.508 e. The first-order chi connectivity index (χ1) is 12.8. The Morgan fingerprint density at radius 3 is 2.07 bits per heavy atom. The predicted molar refractivity (Wildman–Crippen MR) is 109 cm³/mol. The van der Waals surface area contributed by atoms with E-state index in [0.29, 0.717) is 6.42 Å². The Balaban J connectivity index is 1.78. The summed E-state index contributed by atoms with van der Waals surface area (Å²) in [6.45, 7) is 5.95. The Kier molecular flexibility index (Phi) is 5.41. The summed E-state index contributed by atoms with van der Waals surface area (Å²) in [5, 5.41) is 30.4. The summed E-state index contributed by atoms with van der Waals surface area (Å²) in [5.41, 5.74) is 6.95. The Bertz CT molecular complexity index is 953. The summed E-state index contributed by atoms with van der Waals surface area (Å²) in [5.74, 6) is 0.802. The van der Waals surface area contributed by atoms with E-state index >= 15 is 0 Å². The summed E-state index contributed by atoms with van der Waals surface area (Å²) < 4.78 is 0. The lowest BCUT2D eigenvalue weighted by molar-refractivity contribution is 0.462. The van der Waals surface area contributed by atoms with Gasteiger partial charge in [-0.15, -0.1) is 0 Å². The molecule has 0 aliphatic rings. The van der Waals surface area contributed by atoms with E-state index in [2.05, 4.69) is 6.07 Å². The van der Waals surface area contributed by atoms with Gasteiger partial charge < -0.3 is 15.3 Å². The fraction of sp³-hybridized carbons (Fsp3) is 0.250. The molecule has 27 heavy (non-hydrogen) atoms. The SMILES string of the molecule is Cc1cc(O)cc(CCc2cc(O)c(Cc3ccc(C)cc3O)cc2C)c1. The quantitative estimate of drug-likeness (QED) is 0.591. The molecule has 3 heteroatoms. The zero-order valence-corrected chi connectivity index (χ0v) is 16.1. The third kappa shape index (κ3) is 4.62. The number of aryl methyl sites for hydroxylation is 5. The van der Waals surface area contributed by atoms with Crippen molar-refractivity contribution in [3.8, 4) is 17.2 Å². The van der Waals surface area contributed by atoms with Crippen molar-refractivity contribution in [2.24, 2.45) is 0 Å². The lowest BCUT2D eigenvalue weighted by atomic mass is 9.94. The van der Waals surface area contributed by atoms with Gasteiger partial charge in [-0.25, -0.2) is 0 Å². The van der Waals surface area contributed by atoms with Gasteiger partial charge in [-0.1, -0.05) is 24.3 Å². The highest BCUT2D eigenvalue weighted by atomic mass is 16.3. The van der Waals surface area contributed by atoms with Crippen molar-refractivity contribution < 1.29 is 15.3 Å². The molecule has 0 fully saturated rings. The van der Waals surface area contributed by atoms with Crippen LogP contribution >= 0.6 is 0 Å². The van der Waals surface area contributed by atoms with Gasteiger partial charge in [0.15, 0.2) is 0 Å². The molecule has 0 aliphatic heterocycles. The third-order valence-corrected chi connectivity index (χ3v) is 4.96. The van der Waals surface area contributed by atoms with Crippen LogP contribution in [0.5, 0.6) is 17.2 Å². The van der Waals surface area contributed by atoms with Crippen LogP contribution in [0.3, 0.4) is 0 Å². The number of aromatic hydroxyl groups is 3. The van der Waals surface area contributed by atoms with E-state index in [9.17, 15) is 15.3 Å². The van der Waals surface area contributed by atoms with Crippen LogP contribution in [0.15, 0.2) is 48.5 Å². The van der Waals surface area contributed by atoms with Gasteiger partial charge >= 0.3 is 0 Å². The van der Waals surface area contributed by atoms with Gasteiger partial charge in [0.2, 0.25) is 0 Å². The molecule has 3 nitrogen and oxygen atoms in total. The van der Waals surface area contributed by atoms with Crippen molar-refractivity contribution in [1.29, 1.82) is 0 Å². The van der Waals surface area contributed by atoms with E-state index in [1.54, 1.807) is 18.2 Å². The molecule has 0 atom stereocenters. The van der Waals surface area contributed by atoms with Gasteiger partial charge in [-0.2, -0.15) is 0 Å². The molecule has 0 unspecified atom stereocenters. The molecule has 3 aromatic rings. The molecule has 0 aliphatic carbocycles. The van der Waals surface area contributed by atoms with Crippen LogP contribution in [-0.4, -0.2) is 15.3 Å². The summed E-state index contributed by atoms with van der Waals surface area (Å²) in [6.07, 6.45) is 2.08. The van der Waals surface area contributed by atoms with Gasteiger partial charge in [-0.3, -0.25) is 0 Å². The van der Waals surface area contributed by atoms with Gasteiger partial charge in [0, 0.05) is 6.42 Å². The number of phenols is 3. The van der Waals surface area contributed by atoms with Crippen molar-refractivity contribution in [3.05, 3.63) is 87.5 Å². The van der Waals surface area contributed by atoms with Crippen LogP contribution < -0.4 is 0 Å². The number of hydrogen-bond donors (Lipinski definition) is 3. The first-order valence-corrected chi connectivity index (χ1v) is 9.21. The molecule has 0 aromatic heterocycles. The highest BCUT2D eigenvalue weighted by Gasteiger charge is 2.11. The second-order valence-corrected chi connectivity index (χ2v) is 7.39. The van der Waals surface area contributed by atoms with Crippen LogP contribution in [0.4, 0.5) is 0 Å². The number of hydrogen-bond acceptors (Lipinski definition) is 3. The zero-order valence-electron chi connectivity index (χ0n) is 16.1. The monoisotopic (exact) mass is 362 g/mol. The van der Waals surface area contributed by atoms with Crippen molar-refractivity contribution in [2.75, 3.05) is 0 Å². The van der Waals surface area contributed by atoms with E-state index in [1.165, 1.54) is 0 Å². The Morgan fingerprint density at radius 2 is 1.37 bits per heavy atom. The Morgan fingerprint density at radius 1 is 0.630 bits per heavy atom. The van der Waals surface area contributed by atoms with Crippen LogP contribution in [0.2, 0.25) is 0 Å². The van der Waals surface area contributed by atoms with Gasteiger partial charge in [0.05, 0.1) is 0 Å². The largest absolute Gasteiger partial charge is 0.508 e. The van der Waals surface area contributed by atoms with Crippen molar-refractivity contribution >= 4 is 0 Å². The van der Waals surface area contributed by atoms with E-state index in [0.717, 1.165) is 51.8 Å². The molecule has 0 amide bonds. The Hall–Kier alpha value is -2.94. The fourth-order valence-electron chi connectivity index (χ4n) is 3.50. The molecular weight excluding hydrogens is 336 g/mol. The molecule has 3 aromatic carbocycles. The average Bonchev–Trinajstić information content (AvgIpc) is 2.58. The first kappa shape index (κ1) is 18.8. The third-order valence-electron chi connectivity index (χ3n) is 4.96. The molecule has 3 N–H and O–H groups in total. The molecule has 0 bridgehead atoms. The molecule has 0 saturated carbocycles. The van der Waals surface area contributed by atoms with Crippen LogP contribution in [0, 0.1) is 20.8 Å². The van der Waals surface area contributed by atoms with E-state index in [4.69, 9.17) is 0 Å². The normalized spacial score (nSPS) is 10.9. The molecular formula is C24H26O3. The van der Waals surface area contributed by atoms with Crippen LogP contribution in [0.25, 0.3) is 0 Å². The summed E-state index contributed by atoms with van der Waals surface area (Å²) in [7, 11) is 0. The smallest absolute Gasteiger partial charge is 0.119 e. The predicted octanol–water partition coefficient (Wildman–Crippen LogP) is 5.10. The van der Waals surface area contributed by atoms with E-state index in [1.807, 2.05) is 45.0 Å². The second kappa shape index (κ2) is 7.75. The summed E-state index contributed by atoms with van der Waals surface area (Å²) in [6, 6.07) is 15.0. The van der Waals surface area contributed by atoms with Crippen molar-refractivity contribution in [2.45, 2.75) is 40.0 Å². The van der Waals surface area contributed by atoms with Gasteiger partial charge in [0.1, 0.15) is 17.2 Å². The van der Waals surface area contributed by atoms with E-state index in [-0.39, 0.29) is 17.2 Å². The lowest BCUT2D eigenvalue weighted by Gasteiger charge is -2.13. The summed E-state index contributed by atoms with van der Waals surface area (Å²) >= 11 is 0. The molecule has 3 rings (SSSR count). The molecule has 0 spiro atoms. The number of benzene rings is 3. The van der Waals surface area contributed by atoms with Crippen molar-refractivity contribution in [1.82, 2.24) is 0 Å². The van der Waals surface area contributed by atoms with Gasteiger partial charge in [-0.05, 0) is 96.8 Å². The highest BCUT2D eigenvalue weighted by Crippen LogP contribution is 2.29. The Labute approximate surface area is 160 Å². The second-order valence-electron chi connectivity index (χ2n) is 7.39. The maximum Gasteiger partial charge on any atom is 0.119 e.